The topological polar surface area (TPSA) is 34.9 Å². The summed E-state index contributed by atoms with van der Waals surface area (Å²) in [5.74, 6) is 0.158. The summed E-state index contributed by atoms with van der Waals surface area (Å²) in [7, 11) is 0. The molecule has 0 unspecified atom stereocenters. The molecule has 2 heterocycles. The van der Waals surface area contributed by atoms with Gasteiger partial charge in [0.1, 0.15) is 0 Å². The van der Waals surface area contributed by atoms with Crippen LogP contribution in [0.2, 0.25) is 0 Å². The van der Waals surface area contributed by atoms with Crippen molar-refractivity contribution in [2.24, 2.45) is 0 Å². The quantitative estimate of drug-likeness (QED) is 0.790. The number of ketones is 1. The molecule has 0 amide bonds. The largest absolute Gasteiger partial charge is 0.293 e. The molecule has 0 aliphatic rings. The van der Waals surface area contributed by atoms with Gasteiger partial charge in [0.05, 0.1) is 17.0 Å². The summed E-state index contributed by atoms with van der Waals surface area (Å²) in [5.41, 5.74) is 2.04. The Morgan fingerprint density at radius 2 is 2.17 bits per heavy atom. The highest BCUT2D eigenvalue weighted by Crippen LogP contribution is 2.22. The zero-order chi connectivity index (χ0) is 13.3. The third-order valence-corrected chi connectivity index (χ3v) is 4.17. The van der Waals surface area contributed by atoms with Crippen LogP contribution in [-0.2, 0) is 6.42 Å². The predicted octanol–water partition coefficient (Wildman–Crippen LogP) is 3.57. The van der Waals surface area contributed by atoms with Crippen LogP contribution in [0, 0.1) is 13.8 Å². The zero-order valence-electron chi connectivity index (χ0n) is 11.2. The lowest BCUT2D eigenvalue weighted by Gasteiger charge is -2.03. The van der Waals surface area contributed by atoms with E-state index in [0.29, 0.717) is 12.5 Å². The summed E-state index contributed by atoms with van der Waals surface area (Å²) >= 11 is 1.57. The SMILES string of the molecule is Cc1cc(C(=O)Cc2ccn(C(C)C)n2)sc1C. The Kier molecular flexibility index (Phi) is 3.66. The van der Waals surface area contributed by atoms with Crippen LogP contribution in [0.15, 0.2) is 18.3 Å². The van der Waals surface area contributed by atoms with Gasteiger partial charge in [-0.1, -0.05) is 0 Å². The Hall–Kier alpha value is -1.42. The van der Waals surface area contributed by atoms with E-state index in [0.717, 1.165) is 10.6 Å². The molecule has 3 nitrogen and oxygen atoms in total. The normalized spacial score (nSPS) is 11.2. The highest BCUT2D eigenvalue weighted by molar-refractivity contribution is 7.14. The smallest absolute Gasteiger partial charge is 0.178 e. The molecular formula is C14H18N2OS. The first-order chi connectivity index (χ1) is 8.47. The van der Waals surface area contributed by atoms with Gasteiger partial charge < -0.3 is 0 Å². The summed E-state index contributed by atoms with van der Waals surface area (Å²) in [6.07, 6.45) is 2.32. The van der Waals surface area contributed by atoms with Crippen molar-refractivity contribution in [3.05, 3.63) is 39.3 Å². The molecule has 0 aliphatic heterocycles. The van der Waals surface area contributed by atoms with Crippen LogP contribution >= 0.6 is 11.3 Å². The van der Waals surface area contributed by atoms with Crippen molar-refractivity contribution < 1.29 is 4.79 Å². The van der Waals surface area contributed by atoms with E-state index in [9.17, 15) is 4.79 Å². The average Bonchev–Trinajstić information content (AvgIpc) is 2.87. The molecule has 0 radical (unpaired) electrons. The lowest BCUT2D eigenvalue weighted by molar-refractivity contribution is 0.0995. The first-order valence-corrected chi connectivity index (χ1v) is 6.93. The molecular weight excluding hydrogens is 244 g/mol. The van der Waals surface area contributed by atoms with E-state index in [1.165, 1.54) is 10.4 Å². The number of aryl methyl sites for hydroxylation is 2. The second-order valence-corrected chi connectivity index (χ2v) is 6.09. The van der Waals surface area contributed by atoms with E-state index >= 15 is 0 Å². The summed E-state index contributed by atoms with van der Waals surface area (Å²) in [5, 5.41) is 4.40. The van der Waals surface area contributed by atoms with E-state index < -0.39 is 0 Å². The molecule has 18 heavy (non-hydrogen) atoms. The molecule has 0 fully saturated rings. The van der Waals surface area contributed by atoms with Crippen LogP contribution in [0.5, 0.6) is 0 Å². The van der Waals surface area contributed by atoms with Crippen molar-refractivity contribution in [3.63, 3.8) is 0 Å². The molecule has 0 bridgehead atoms. The Morgan fingerprint density at radius 1 is 1.44 bits per heavy atom. The van der Waals surface area contributed by atoms with Gasteiger partial charge in [-0.15, -0.1) is 11.3 Å². The maximum atomic E-state index is 12.1. The number of hydrogen-bond donors (Lipinski definition) is 0. The van der Waals surface area contributed by atoms with Crippen molar-refractivity contribution in [2.45, 2.75) is 40.2 Å². The summed E-state index contributed by atoms with van der Waals surface area (Å²) in [4.78, 5) is 14.2. The van der Waals surface area contributed by atoms with Gasteiger partial charge in [-0.2, -0.15) is 5.10 Å². The van der Waals surface area contributed by atoms with Crippen LogP contribution in [0.25, 0.3) is 0 Å². The van der Waals surface area contributed by atoms with Gasteiger partial charge >= 0.3 is 0 Å². The maximum absolute atomic E-state index is 12.1. The standard InChI is InChI=1S/C14H18N2OS/c1-9(2)16-6-5-12(15-16)8-13(17)14-7-10(3)11(4)18-14/h5-7,9H,8H2,1-4H3. The molecule has 2 aromatic rings. The summed E-state index contributed by atoms with van der Waals surface area (Å²) in [6.45, 7) is 8.23. The van der Waals surface area contributed by atoms with Gasteiger partial charge in [-0.05, 0) is 45.4 Å². The Bertz CT molecular complexity index is 547. The number of hydrogen-bond acceptors (Lipinski definition) is 3. The predicted molar refractivity (Wildman–Crippen MR) is 74.4 cm³/mol. The summed E-state index contributed by atoms with van der Waals surface area (Å²) < 4.78 is 1.88. The molecule has 0 aliphatic carbocycles. The molecule has 0 atom stereocenters. The monoisotopic (exact) mass is 262 g/mol. The third kappa shape index (κ3) is 2.70. The Balaban J connectivity index is 2.11. The second-order valence-electron chi connectivity index (χ2n) is 4.83. The van der Waals surface area contributed by atoms with E-state index in [1.807, 2.05) is 36.9 Å². The number of thiophene rings is 1. The van der Waals surface area contributed by atoms with Crippen LogP contribution < -0.4 is 0 Å². The van der Waals surface area contributed by atoms with Crippen LogP contribution in [0.3, 0.4) is 0 Å². The highest BCUT2D eigenvalue weighted by atomic mass is 32.1. The number of aromatic nitrogens is 2. The van der Waals surface area contributed by atoms with Crippen molar-refractivity contribution in [1.82, 2.24) is 9.78 Å². The van der Waals surface area contributed by atoms with E-state index in [2.05, 4.69) is 18.9 Å². The molecule has 96 valence electrons. The van der Waals surface area contributed by atoms with Crippen LogP contribution in [0.4, 0.5) is 0 Å². The van der Waals surface area contributed by atoms with Gasteiger partial charge in [-0.3, -0.25) is 9.48 Å². The van der Waals surface area contributed by atoms with Crippen molar-refractivity contribution in [2.75, 3.05) is 0 Å². The summed E-state index contributed by atoms with van der Waals surface area (Å²) in [6, 6.07) is 4.23. The fourth-order valence-electron chi connectivity index (χ4n) is 1.72. The molecule has 4 heteroatoms. The fourth-order valence-corrected chi connectivity index (χ4v) is 2.69. The maximum Gasteiger partial charge on any atom is 0.178 e. The van der Waals surface area contributed by atoms with Gasteiger partial charge in [0, 0.05) is 17.1 Å². The van der Waals surface area contributed by atoms with Gasteiger partial charge in [0.2, 0.25) is 0 Å². The highest BCUT2D eigenvalue weighted by Gasteiger charge is 2.13. The van der Waals surface area contributed by atoms with E-state index in [-0.39, 0.29) is 5.78 Å². The number of carbonyl (C=O) groups is 1. The van der Waals surface area contributed by atoms with E-state index in [4.69, 9.17) is 0 Å². The fraction of sp³-hybridized carbons (Fsp3) is 0.429. The minimum absolute atomic E-state index is 0.158. The molecule has 0 N–H and O–H groups in total. The molecule has 2 aromatic heterocycles. The Labute approximate surface area is 111 Å². The Morgan fingerprint density at radius 3 is 2.67 bits per heavy atom. The van der Waals surface area contributed by atoms with Crippen molar-refractivity contribution in [1.29, 1.82) is 0 Å². The second kappa shape index (κ2) is 5.06. The minimum Gasteiger partial charge on any atom is -0.293 e. The van der Waals surface area contributed by atoms with Gasteiger partial charge in [-0.25, -0.2) is 0 Å². The van der Waals surface area contributed by atoms with E-state index in [1.54, 1.807) is 11.3 Å². The molecule has 0 saturated heterocycles. The molecule has 0 spiro atoms. The van der Waals surface area contributed by atoms with Crippen LogP contribution in [0.1, 0.15) is 45.7 Å². The third-order valence-electron chi connectivity index (χ3n) is 2.98. The minimum atomic E-state index is 0.158. The number of rotatable bonds is 4. The molecule has 0 aromatic carbocycles. The number of nitrogens with zero attached hydrogens (tertiary/aromatic N) is 2. The van der Waals surface area contributed by atoms with Crippen molar-refractivity contribution in [3.8, 4) is 0 Å². The van der Waals surface area contributed by atoms with Gasteiger partial charge in [0.25, 0.3) is 0 Å². The lowest BCUT2D eigenvalue weighted by atomic mass is 10.2. The zero-order valence-corrected chi connectivity index (χ0v) is 12.0. The van der Waals surface area contributed by atoms with Crippen LogP contribution in [-0.4, -0.2) is 15.6 Å². The first-order valence-electron chi connectivity index (χ1n) is 6.11. The lowest BCUT2D eigenvalue weighted by Crippen LogP contribution is -2.05. The first kappa shape index (κ1) is 13.0. The average molecular weight is 262 g/mol. The van der Waals surface area contributed by atoms with Gasteiger partial charge in [0.15, 0.2) is 5.78 Å². The number of Topliss-reactive ketones (excluding diaryl/α,β-unsaturated/α-hetero) is 1. The molecule has 0 saturated carbocycles. The molecule has 2 rings (SSSR count). The van der Waals surface area contributed by atoms with Crippen molar-refractivity contribution >= 4 is 17.1 Å². The number of carbonyl (C=O) groups excluding carboxylic acids is 1.